The van der Waals surface area contributed by atoms with Crippen LogP contribution in [0.2, 0.25) is 0 Å². The van der Waals surface area contributed by atoms with Crippen LogP contribution in [0.5, 0.6) is 0 Å². The Morgan fingerprint density at radius 3 is 2.50 bits per heavy atom. The van der Waals surface area contributed by atoms with E-state index in [1.54, 1.807) is 12.1 Å². The molecule has 1 nitrogen and oxygen atoms in total. The van der Waals surface area contributed by atoms with Crippen LogP contribution in [0.25, 0.3) is 5.57 Å². The molecule has 0 heterocycles. The fraction of sp³-hybridized carbons (Fsp3) is 0.100. The molecule has 0 amide bonds. The highest BCUT2D eigenvalue weighted by Crippen LogP contribution is 2.13. The summed E-state index contributed by atoms with van der Waals surface area (Å²) in [6.07, 6.45) is 1.44. The van der Waals surface area contributed by atoms with E-state index >= 15 is 0 Å². The van der Waals surface area contributed by atoms with Crippen molar-refractivity contribution in [1.82, 2.24) is 0 Å². The van der Waals surface area contributed by atoms with Crippen molar-refractivity contribution in [1.29, 1.82) is 5.26 Å². The van der Waals surface area contributed by atoms with Crippen LogP contribution in [0.4, 0.5) is 4.39 Å². The molecule has 0 saturated carbocycles. The quantitative estimate of drug-likeness (QED) is 0.581. The van der Waals surface area contributed by atoms with E-state index in [4.69, 9.17) is 5.26 Å². The number of allylic oxidation sites excluding steroid dienone is 2. The number of nitriles is 1. The van der Waals surface area contributed by atoms with Gasteiger partial charge in [-0.1, -0.05) is 12.1 Å². The summed E-state index contributed by atoms with van der Waals surface area (Å²) in [4.78, 5) is 0. The highest BCUT2D eigenvalue weighted by molar-refractivity contribution is 5.65. The minimum atomic E-state index is -0.261. The molecule has 0 saturated heterocycles. The number of hydrogen-bond acceptors (Lipinski definition) is 1. The Balaban J connectivity index is 2.99. The van der Waals surface area contributed by atoms with Crippen molar-refractivity contribution in [2.45, 2.75) is 6.92 Å². The number of nitrogens with zero attached hydrogens (tertiary/aromatic N) is 1. The predicted octanol–water partition coefficient (Wildman–Crippen LogP) is 2.75. The molecule has 2 heteroatoms. The average Bonchev–Trinajstić information content (AvgIpc) is 2.06. The number of benzene rings is 1. The molecular formula is C10H8FN. The van der Waals surface area contributed by atoms with Gasteiger partial charge in [-0.25, -0.2) is 4.39 Å². The Hall–Kier alpha value is -1.62. The maximum Gasteiger partial charge on any atom is 0.123 e. The molecule has 0 fully saturated rings. The van der Waals surface area contributed by atoms with Crippen LogP contribution in [0.1, 0.15) is 12.5 Å². The van der Waals surface area contributed by atoms with Crippen LogP contribution in [0, 0.1) is 17.1 Å². The van der Waals surface area contributed by atoms with Gasteiger partial charge < -0.3 is 0 Å². The van der Waals surface area contributed by atoms with Crippen LogP contribution in [-0.2, 0) is 0 Å². The normalized spacial score (nSPS) is 10.9. The van der Waals surface area contributed by atoms with Crippen molar-refractivity contribution < 1.29 is 4.39 Å². The molecule has 0 aliphatic heterocycles. The molecule has 0 atom stereocenters. The lowest BCUT2D eigenvalue weighted by Crippen LogP contribution is -1.79. The Morgan fingerprint density at radius 1 is 1.42 bits per heavy atom. The highest BCUT2D eigenvalue weighted by Gasteiger charge is 1.94. The minimum absolute atomic E-state index is 0.261. The monoisotopic (exact) mass is 161 g/mol. The molecule has 1 rings (SSSR count). The van der Waals surface area contributed by atoms with E-state index in [2.05, 4.69) is 0 Å². The van der Waals surface area contributed by atoms with E-state index in [9.17, 15) is 4.39 Å². The molecule has 12 heavy (non-hydrogen) atoms. The zero-order valence-corrected chi connectivity index (χ0v) is 6.71. The standard InChI is InChI=1S/C10H8FN/c1-8(6-7-12)9-2-4-10(11)5-3-9/h2-6H,1H3/b8-6-. The van der Waals surface area contributed by atoms with E-state index in [1.807, 2.05) is 13.0 Å². The predicted molar refractivity (Wildman–Crippen MR) is 45.7 cm³/mol. The van der Waals surface area contributed by atoms with Crippen molar-refractivity contribution in [2.24, 2.45) is 0 Å². The number of hydrogen-bond donors (Lipinski definition) is 0. The first kappa shape index (κ1) is 8.48. The van der Waals surface area contributed by atoms with Gasteiger partial charge >= 0.3 is 0 Å². The zero-order valence-electron chi connectivity index (χ0n) is 6.71. The van der Waals surface area contributed by atoms with Crippen LogP contribution < -0.4 is 0 Å². The summed E-state index contributed by atoms with van der Waals surface area (Å²) in [5.41, 5.74) is 1.72. The van der Waals surface area contributed by atoms with E-state index < -0.39 is 0 Å². The summed E-state index contributed by atoms with van der Waals surface area (Å²) in [5, 5.41) is 8.35. The Morgan fingerprint density at radius 2 is 2.00 bits per heavy atom. The van der Waals surface area contributed by atoms with E-state index in [-0.39, 0.29) is 5.82 Å². The van der Waals surface area contributed by atoms with E-state index in [1.165, 1.54) is 18.2 Å². The molecule has 0 spiro atoms. The van der Waals surface area contributed by atoms with Gasteiger partial charge in [-0.05, 0) is 30.2 Å². The lowest BCUT2D eigenvalue weighted by atomic mass is 10.1. The fourth-order valence-electron chi connectivity index (χ4n) is 0.893. The highest BCUT2D eigenvalue weighted by atomic mass is 19.1. The van der Waals surface area contributed by atoms with Crippen molar-refractivity contribution in [3.05, 3.63) is 41.7 Å². The summed E-state index contributed by atoms with van der Waals surface area (Å²) < 4.78 is 12.5. The van der Waals surface area contributed by atoms with E-state index in [0.717, 1.165) is 11.1 Å². The third-order valence-corrected chi connectivity index (χ3v) is 1.58. The molecule has 1 aromatic carbocycles. The Bertz CT molecular complexity index is 330. The van der Waals surface area contributed by atoms with Gasteiger partial charge in [0.15, 0.2) is 0 Å². The zero-order chi connectivity index (χ0) is 8.97. The fourth-order valence-corrected chi connectivity index (χ4v) is 0.893. The third kappa shape index (κ3) is 1.93. The minimum Gasteiger partial charge on any atom is -0.207 e. The average molecular weight is 161 g/mol. The molecule has 0 N–H and O–H groups in total. The van der Waals surface area contributed by atoms with Crippen LogP contribution in [0.3, 0.4) is 0 Å². The maximum atomic E-state index is 12.5. The van der Waals surface area contributed by atoms with Crippen LogP contribution in [0.15, 0.2) is 30.3 Å². The van der Waals surface area contributed by atoms with Crippen LogP contribution >= 0.6 is 0 Å². The van der Waals surface area contributed by atoms with E-state index in [0.29, 0.717) is 0 Å². The molecule has 1 aromatic rings. The van der Waals surface area contributed by atoms with Crippen LogP contribution in [-0.4, -0.2) is 0 Å². The summed E-state index contributed by atoms with van der Waals surface area (Å²) >= 11 is 0. The second-order valence-corrected chi connectivity index (χ2v) is 2.46. The summed E-state index contributed by atoms with van der Waals surface area (Å²) in [6, 6.07) is 7.99. The van der Waals surface area contributed by atoms with Gasteiger partial charge in [0.05, 0.1) is 6.07 Å². The first-order valence-electron chi connectivity index (χ1n) is 3.56. The number of halogens is 1. The van der Waals surface area contributed by atoms with Gasteiger partial charge in [-0.3, -0.25) is 0 Å². The molecule has 0 aliphatic rings. The molecule has 0 bridgehead atoms. The maximum absolute atomic E-state index is 12.5. The second-order valence-electron chi connectivity index (χ2n) is 2.46. The van der Waals surface area contributed by atoms with Crippen molar-refractivity contribution >= 4 is 5.57 Å². The SMILES string of the molecule is C/C(=C/C#N)c1ccc(F)cc1. The lowest BCUT2D eigenvalue weighted by molar-refractivity contribution is 0.627. The Labute approximate surface area is 70.8 Å². The first-order chi connectivity index (χ1) is 5.74. The van der Waals surface area contributed by atoms with Crippen molar-refractivity contribution in [3.8, 4) is 6.07 Å². The summed E-state index contributed by atoms with van der Waals surface area (Å²) in [7, 11) is 0. The third-order valence-electron chi connectivity index (χ3n) is 1.58. The molecular weight excluding hydrogens is 153 g/mol. The number of rotatable bonds is 1. The van der Waals surface area contributed by atoms with Gasteiger partial charge in [-0.15, -0.1) is 0 Å². The molecule has 0 unspecified atom stereocenters. The molecule has 0 radical (unpaired) electrons. The topological polar surface area (TPSA) is 23.8 Å². The van der Waals surface area contributed by atoms with Gasteiger partial charge in [0.25, 0.3) is 0 Å². The van der Waals surface area contributed by atoms with Gasteiger partial charge in [0.2, 0.25) is 0 Å². The lowest BCUT2D eigenvalue weighted by Gasteiger charge is -1.97. The van der Waals surface area contributed by atoms with Crippen molar-refractivity contribution in [3.63, 3.8) is 0 Å². The molecule has 60 valence electrons. The van der Waals surface area contributed by atoms with Gasteiger partial charge in [0.1, 0.15) is 5.82 Å². The Kier molecular flexibility index (Phi) is 2.60. The van der Waals surface area contributed by atoms with Gasteiger partial charge in [0, 0.05) is 6.08 Å². The molecule has 0 aromatic heterocycles. The first-order valence-corrected chi connectivity index (χ1v) is 3.56. The van der Waals surface area contributed by atoms with Crippen molar-refractivity contribution in [2.75, 3.05) is 0 Å². The summed E-state index contributed by atoms with van der Waals surface area (Å²) in [6.45, 7) is 1.82. The molecule has 0 aliphatic carbocycles. The second kappa shape index (κ2) is 3.68. The van der Waals surface area contributed by atoms with Gasteiger partial charge in [-0.2, -0.15) is 5.26 Å². The summed E-state index contributed by atoms with van der Waals surface area (Å²) in [5.74, 6) is -0.261. The smallest absolute Gasteiger partial charge is 0.123 e. The largest absolute Gasteiger partial charge is 0.207 e.